The Kier molecular flexibility index (Phi) is 8.54. The second-order valence-corrected chi connectivity index (χ2v) is 7.05. The van der Waals surface area contributed by atoms with Crippen molar-refractivity contribution in [3.63, 3.8) is 0 Å². The summed E-state index contributed by atoms with van der Waals surface area (Å²) in [5, 5.41) is 0. The van der Waals surface area contributed by atoms with Crippen LogP contribution in [0.25, 0.3) is 0 Å². The summed E-state index contributed by atoms with van der Waals surface area (Å²) in [4.78, 5) is -1.10. The molecule has 0 spiro atoms. The van der Waals surface area contributed by atoms with Crippen molar-refractivity contribution < 1.29 is 21.4 Å². The molecule has 0 saturated heterocycles. The van der Waals surface area contributed by atoms with Gasteiger partial charge in [0.15, 0.2) is 17.4 Å². The molecular formula is C12H14AlKO5S2. The SMILES string of the molecule is O=S(=O)(O)c1ccccc1S(=O)(=O)c1ccccc1.[AlH3].[KH]. The van der Waals surface area contributed by atoms with Crippen molar-refractivity contribution in [2.45, 2.75) is 14.7 Å². The summed E-state index contributed by atoms with van der Waals surface area (Å²) in [5.74, 6) is 0. The Morgan fingerprint density at radius 3 is 1.62 bits per heavy atom. The van der Waals surface area contributed by atoms with Gasteiger partial charge in [0, 0.05) is 0 Å². The van der Waals surface area contributed by atoms with E-state index < -0.39 is 29.7 Å². The quantitative estimate of drug-likeness (QED) is 0.605. The monoisotopic (exact) mass is 368 g/mol. The maximum absolute atomic E-state index is 12.3. The summed E-state index contributed by atoms with van der Waals surface area (Å²) >= 11 is 0. The van der Waals surface area contributed by atoms with E-state index in [1.165, 1.54) is 36.4 Å². The maximum atomic E-state index is 12.3. The molecule has 0 amide bonds. The molecule has 0 aliphatic rings. The van der Waals surface area contributed by atoms with Crippen molar-refractivity contribution in [3.05, 3.63) is 54.6 Å². The summed E-state index contributed by atoms with van der Waals surface area (Å²) in [6.45, 7) is 0. The van der Waals surface area contributed by atoms with Gasteiger partial charge < -0.3 is 0 Å². The third-order valence-corrected chi connectivity index (χ3v) is 5.34. The Labute approximate surface area is 177 Å². The van der Waals surface area contributed by atoms with E-state index in [1.54, 1.807) is 6.07 Å². The molecule has 0 aliphatic heterocycles. The fourth-order valence-corrected chi connectivity index (χ4v) is 4.19. The van der Waals surface area contributed by atoms with E-state index in [-0.39, 0.29) is 73.6 Å². The van der Waals surface area contributed by atoms with Crippen LogP contribution in [0, 0.1) is 0 Å². The van der Waals surface area contributed by atoms with E-state index in [2.05, 4.69) is 0 Å². The van der Waals surface area contributed by atoms with Crippen LogP contribution in [0.5, 0.6) is 0 Å². The van der Waals surface area contributed by atoms with Crippen LogP contribution in [0.4, 0.5) is 0 Å². The van der Waals surface area contributed by atoms with Crippen molar-refractivity contribution in [3.8, 4) is 0 Å². The first-order valence-corrected chi connectivity index (χ1v) is 8.12. The number of benzene rings is 2. The fourth-order valence-electron chi connectivity index (χ4n) is 1.61. The molecule has 2 aromatic carbocycles. The standard InChI is InChI=1S/C12H10O5S2.Al.K.4H/c13-18(14,10-6-2-1-3-7-10)11-8-4-5-9-12(11)19(15,16)17;;;;;;/h1-9H,(H,15,16,17);;;;;;. The zero-order valence-corrected chi connectivity index (χ0v) is 11.2. The van der Waals surface area contributed by atoms with Crippen LogP contribution < -0.4 is 0 Å². The van der Waals surface area contributed by atoms with E-state index in [0.717, 1.165) is 12.1 Å². The fraction of sp³-hybridized carbons (Fsp3) is 0. The van der Waals surface area contributed by atoms with E-state index >= 15 is 0 Å². The third kappa shape index (κ3) is 4.97. The van der Waals surface area contributed by atoms with Gasteiger partial charge in [-0.2, -0.15) is 8.42 Å². The van der Waals surface area contributed by atoms with E-state index in [9.17, 15) is 16.8 Å². The second kappa shape index (κ2) is 8.36. The van der Waals surface area contributed by atoms with Crippen molar-refractivity contribution in [1.82, 2.24) is 0 Å². The molecule has 0 aromatic heterocycles. The molecule has 0 radical (unpaired) electrons. The Bertz CT molecular complexity index is 805. The van der Waals surface area contributed by atoms with E-state index in [1.807, 2.05) is 0 Å². The van der Waals surface area contributed by atoms with Crippen LogP contribution in [0.3, 0.4) is 0 Å². The zero-order chi connectivity index (χ0) is 14.1. The third-order valence-electron chi connectivity index (χ3n) is 2.47. The van der Waals surface area contributed by atoms with Gasteiger partial charge in [-0.05, 0) is 24.3 Å². The van der Waals surface area contributed by atoms with Gasteiger partial charge in [-0.1, -0.05) is 30.3 Å². The molecule has 0 aliphatic carbocycles. The molecule has 9 heteroatoms. The predicted octanol–water partition coefficient (Wildman–Crippen LogP) is -0.0663. The Morgan fingerprint density at radius 2 is 1.14 bits per heavy atom. The molecule has 1 N–H and O–H groups in total. The minimum absolute atomic E-state index is 0. The molecule has 2 aromatic rings. The second-order valence-electron chi connectivity index (χ2n) is 3.74. The first-order chi connectivity index (χ1) is 8.83. The average molecular weight is 368 g/mol. The molecule has 0 fully saturated rings. The Balaban J connectivity index is 0.00000200. The Hall–Kier alpha value is 0.469. The first kappa shape index (κ1) is 21.5. The van der Waals surface area contributed by atoms with Gasteiger partial charge in [-0.3, -0.25) is 4.55 Å². The summed E-state index contributed by atoms with van der Waals surface area (Å²) in [5.41, 5.74) is 0. The van der Waals surface area contributed by atoms with Crippen molar-refractivity contribution in [2.75, 3.05) is 0 Å². The summed E-state index contributed by atoms with van der Waals surface area (Å²) < 4.78 is 56.2. The summed E-state index contributed by atoms with van der Waals surface area (Å²) in [6, 6.07) is 12.3. The molecule has 0 heterocycles. The van der Waals surface area contributed by atoms with Crippen molar-refractivity contribution in [2.24, 2.45) is 0 Å². The van der Waals surface area contributed by atoms with Crippen LogP contribution >= 0.6 is 0 Å². The topological polar surface area (TPSA) is 88.5 Å². The van der Waals surface area contributed by atoms with Crippen molar-refractivity contribution >= 4 is 88.7 Å². The molecule has 108 valence electrons. The van der Waals surface area contributed by atoms with Gasteiger partial charge >= 0.3 is 51.4 Å². The molecular weight excluding hydrogens is 354 g/mol. The van der Waals surface area contributed by atoms with Gasteiger partial charge in [0.2, 0.25) is 9.84 Å². The van der Waals surface area contributed by atoms with Gasteiger partial charge in [-0.15, -0.1) is 0 Å². The predicted molar refractivity (Wildman–Crippen MR) is 85.2 cm³/mol. The average Bonchev–Trinajstić information content (AvgIpc) is 2.39. The molecule has 5 nitrogen and oxygen atoms in total. The van der Waals surface area contributed by atoms with Gasteiger partial charge in [0.1, 0.15) is 4.90 Å². The van der Waals surface area contributed by atoms with Crippen LogP contribution in [0.2, 0.25) is 0 Å². The molecule has 2 rings (SSSR count). The Morgan fingerprint density at radius 1 is 0.714 bits per heavy atom. The van der Waals surface area contributed by atoms with E-state index in [0.29, 0.717) is 0 Å². The molecule has 21 heavy (non-hydrogen) atoms. The number of hydrogen-bond acceptors (Lipinski definition) is 4. The van der Waals surface area contributed by atoms with Crippen LogP contribution in [0.15, 0.2) is 69.3 Å². The molecule has 0 atom stereocenters. The zero-order valence-electron chi connectivity index (χ0n) is 9.59. The van der Waals surface area contributed by atoms with Gasteiger partial charge in [-0.25, -0.2) is 8.42 Å². The first-order valence-electron chi connectivity index (χ1n) is 5.20. The number of hydrogen-bond donors (Lipinski definition) is 1. The van der Waals surface area contributed by atoms with E-state index in [4.69, 9.17) is 4.55 Å². The minimum atomic E-state index is -4.60. The number of rotatable bonds is 3. The normalized spacial score (nSPS) is 11.1. The van der Waals surface area contributed by atoms with Crippen LogP contribution in [0.1, 0.15) is 0 Å². The van der Waals surface area contributed by atoms with Crippen molar-refractivity contribution in [1.29, 1.82) is 0 Å². The van der Waals surface area contributed by atoms with Crippen LogP contribution in [-0.4, -0.2) is 90.1 Å². The molecule has 0 bridgehead atoms. The molecule has 0 unspecified atom stereocenters. The van der Waals surface area contributed by atoms with Gasteiger partial charge in [0.25, 0.3) is 10.1 Å². The number of sulfone groups is 1. The summed E-state index contributed by atoms with van der Waals surface area (Å²) in [6.07, 6.45) is 0. The van der Waals surface area contributed by atoms with Crippen LogP contribution in [-0.2, 0) is 20.0 Å². The molecule has 0 saturated carbocycles. The van der Waals surface area contributed by atoms with Gasteiger partial charge in [0.05, 0.1) is 9.79 Å². The summed E-state index contributed by atoms with van der Waals surface area (Å²) in [7, 11) is -8.60.